The van der Waals surface area contributed by atoms with Crippen molar-refractivity contribution in [3.8, 4) is 0 Å². The van der Waals surface area contributed by atoms with Gasteiger partial charge in [-0.1, -0.05) is 42.8 Å². The van der Waals surface area contributed by atoms with E-state index in [4.69, 9.17) is 5.21 Å². The van der Waals surface area contributed by atoms with Crippen LogP contribution in [0.15, 0.2) is 54.8 Å². The van der Waals surface area contributed by atoms with E-state index >= 15 is 0 Å². The monoisotopic (exact) mass is 272 g/mol. The van der Waals surface area contributed by atoms with Crippen molar-refractivity contribution in [2.45, 2.75) is 0 Å². The van der Waals surface area contributed by atoms with Gasteiger partial charge in [-0.15, -0.1) is 0 Å². The summed E-state index contributed by atoms with van der Waals surface area (Å²) in [5.41, 5.74) is 4.61. The maximum atomic E-state index is 8.67. The number of allylic oxidation sites excluding steroid dienone is 1. The largest absolute Gasteiger partial charge is 0.330 e. The molecule has 0 saturated heterocycles. The molecule has 0 aliphatic heterocycles. The minimum atomic E-state index is 0.456. The zero-order valence-electron chi connectivity index (χ0n) is 10.7. The van der Waals surface area contributed by atoms with Gasteiger partial charge in [-0.25, -0.2) is 0 Å². The molecule has 0 unspecified atom stereocenters. The number of hydrogen-bond donors (Lipinski definition) is 3. The highest BCUT2D eigenvalue weighted by Crippen LogP contribution is 2.22. The minimum Gasteiger partial charge on any atom is -0.330 e. The lowest BCUT2D eigenvalue weighted by Gasteiger charge is -2.05. The first-order valence-electron chi connectivity index (χ1n) is 5.83. The molecule has 2 aromatic rings. The molecule has 3 N–H and O–H groups in total. The molecule has 0 atom stereocenters. The fraction of sp³-hybridized carbons (Fsp3) is 0.0667. The SMILES string of the molecule is C=C(/C=C/c1ccc2ccc(NSC)cc2c1)NO. The highest BCUT2D eigenvalue weighted by molar-refractivity contribution is 7.99. The topological polar surface area (TPSA) is 44.3 Å². The van der Waals surface area contributed by atoms with Crippen molar-refractivity contribution in [1.82, 2.24) is 5.48 Å². The number of hydrogen-bond acceptors (Lipinski definition) is 4. The molecule has 0 aliphatic rings. The molecule has 3 nitrogen and oxygen atoms in total. The smallest absolute Gasteiger partial charge is 0.0530 e. The van der Waals surface area contributed by atoms with E-state index in [2.05, 4.69) is 41.6 Å². The Morgan fingerprint density at radius 3 is 2.74 bits per heavy atom. The molecule has 0 amide bonds. The second kappa shape index (κ2) is 6.31. The van der Waals surface area contributed by atoms with E-state index in [1.807, 2.05) is 23.9 Å². The molecular formula is C15H16N2OS. The summed E-state index contributed by atoms with van der Waals surface area (Å²) in [5.74, 6) is 0. The van der Waals surface area contributed by atoms with E-state index in [9.17, 15) is 0 Å². The predicted molar refractivity (Wildman–Crippen MR) is 84.2 cm³/mol. The summed E-state index contributed by atoms with van der Waals surface area (Å²) in [6, 6.07) is 12.5. The van der Waals surface area contributed by atoms with Crippen LogP contribution in [0.25, 0.3) is 16.8 Å². The minimum absolute atomic E-state index is 0.456. The van der Waals surface area contributed by atoms with Crippen molar-refractivity contribution < 1.29 is 5.21 Å². The van der Waals surface area contributed by atoms with Crippen LogP contribution in [0.4, 0.5) is 5.69 Å². The Hall–Kier alpha value is -1.91. The molecule has 0 fully saturated rings. The molecule has 2 aromatic carbocycles. The molecule has 0 aromatic heterocycles. The Kier molecular flexibility index (Phi) is 4.49. The second-order valence-electron chi connectivity index (χ2n) is 4.10. The third-order valence-corrected chi connectivity index (χ3v) is 3.14. The number of nitrogens with one attached hydrogen (secondary N) is 2. The summed E-state index contributed by atoms with van der Waals surface area (Å²) in [7, 11) is 0. The van der Waals surface area contributed by atoms with Gasteiger partial charge in [0.2, 0.25) is 0 Å². The predicted octanol–water partition coefficient (Wildman–Crippen LogP) is 4.04. The molecule has 2 rings (SSSR count). The van der Waals surface area contributed by atoms with Crippen LogP contribution < -0.4 is 10.2 Å². The summed E-state index contributed by atoms with van der Waals surface area (Å²) >= 11 is 1.57. The molecule has 0 heterocycles. The van der Waals surface area contributed by atoms with Gasteiger partial charge in [0.1, 0.15) is 0 Å². The lowest BCUT2D eigenvalue weighted by molar-refractivity contribution is 0.205. The van der Waals surface area contributed by atoms with E-state index in [1.54, 1.807) is 18.0 Å². The molecule has 4 heteroatoms. The van der Waals surface area contributed by atoms with Crippen molar-refractivity contribution in [2.24, 2.45) is 0 Å². The van der Waals surface area contributed by atoms with E-state index in [1.165, 1.54) is 10.8 Å². The van der Waals surface area contributed by atoms with Crippen molar-refractivity contribution in [2.75, 3.05) is 11.0 Å². The first-order chi connectivity index (χ1) is 9.22. The Bertz CT molecular complexity index is 623. The number of hydroxylamine groups is 1. The van der Waals surface area contributed by atoms with Gasteiger partial charge in [-0.2, -0.15) is 0 Å². The van der Waals surface area contributed by atoms with Crippen molar-refractivity contribution in [3.63, 3.8) is 0 Å². The van der Waals surface area contributed by atoms with Crippen LogP contribution in [0.3, 0.4) is 0 Å². The van der Waals surface area contributed by atoms with Gasteiger partial charge in [-0.05, 0) is 40.6 Å². The Labute approximate surface area is 117 Å². The van der Waals surface area contributed by atoms with Gasteiger partial charge in [0.25, 0.3) is 0 Å². The Morgan fingerprint density at radius 2 is 2.00 bits per heavy atom. The molecule has 98 valence electrons. The maximum absolute atomic E-state index is 8.67. The maximum Gasteiger partial charge on any atom is 0.0530 e. The number of fused-ring (bicyclic) bond motifs is 1. The zero-order chi connectivity index (χ0) is 13.7. The van der Waals surface area contributed by atoms with E-state index in [0.29, 0.717) is 5.70 Å². The number of anilines is 1. The van der Waals surface area contributed by atoms with Crippen LogP contribution in [0.5, 0.6) is 0 Å². The quantitative estimate of drug-likeness (QED) is 0.437. The van der Waals surface area contributed by atoms with Crippen molar-refractivity contribution in [3.05, 3.63) is 60.3 Å². The molecule has 0 saturated carbocycles. The van der Waals surface area contributed by atoms with Gasteiger partial charge in [0.05, 0.1) is 5.70 Å². The van der Waals surface area contributed by atoms with Crippen LogP contribution in [-0.2, 0) is 0 Å². The fourth-order valence-corrected chi connectivity index (χ4v) is 2.15. The summed E-state index contributed by atoms with van der Waals surface area (Å²) in [6.45, 7) is 3.63. The van der Waals surface area contributed by atoms with E-state index in [-0.39, 0.29) is 0 Å². The van der Waals surface area contributed by atoms with Crippen LogP contribution >= 0.6 is 11.9 Å². The summed E-state index contributed by atoms with van der Waals surface area (Å²) in [5, 5.41) is 11.0. The standard InChI is InChI=1S/C15H16N2OS/c1-11(16-18)3-4-12-5-6-13-7-8-15(17-19-2)10-14(13)9-12/h3-10,16-18H,1H2,2H3/b4-3+. The van der Waals surface area contributed by atoms with Crippen molar-refractivity contribution >= 4 is 34.5 Å². The molecule has 0 aliphatic carbocycles. The van der Waals surface area contributed by atoms with Gasteiger partial charge < -0.3 is 4.72 Å². The Morgan fingerprint density at radius 1 is 1.21 bits per heavy atom. The molecule has 19 heavy (non-hydrogen) atoms. The number of rotatable bonds is 5. The molecular weight excluding hydrogens is 256 g/mol. The second-order valence-corrected chi connectivity index (χ2v) is 4.71. The third kappa shape index (κ3) is 3.53. The van der Waals surface area contributed by atoms with Crippen LogP contribution in [0, 0.1) is 0 Å². The lowest BCUT2D eigenvalue weighted by atomic mass is 10.1. The normalized spacial score (nSPS) is 10.8. The van der Waals surface area contributed by atoms with E-state index in [0.717, 1.165) is 11.3 Å². The highest BCUT2D eigenvalue weighted by atomic mass is 32.2. The van der Waals surface area contributed by atoms with Crippen LogP contribution in [0.2, 0.25) is 0 Å². The average Bonchev–Trinajstić information content (AvgIpc) is 2.44. The van der Waals surface area contributed by atoms with Gasteiger partial charge in [-0.3, -0.25) is 10.7 Å². The van der Waals surface area contributed by atoms with Crippen LogP contribution in [-0.4, -0.2) is 11.5 Å². The molecule has 0 spiro atoms. The summed E-state index contributed by atoms with van der Waals surface area (Å²) in [4.78, 5) is 0. The highest BCUT2D eigenvalue weighted by Gasteiger charge is 1.97. The first-order valence-corrected chi connectivity index (χ1v) is 7.05. The van der Waals surface area contributed by atoms with Crippen LogP contribution in [0.1, 0.15) is 5.56 Å². The Balaban J connectivity index is 2.32. The fourth-order valence-electron chi connectivity index (χ4n) is 1.78. The number of benzene rings is 2. The van der Waals surface area contributed by atoms with Gasteiger partial charge in [0.15, 0.2) is 0 Å². The third-order valence-electron chi connectivity index (χ3n) is 2.70. The zero-order valence-corrected chi connectivity index (χ0v) is 11.5. The lowest BCUT2D eigenvalue weighted by Crippen LogP contribution is -2.01. The molecule has 0 bridgehead atoms. The van der Waals surface area contributed by atoms with Gasteiger partial charge >= 0.3 is 0 Å². The van der Waals surface area contributed by atoms with Gasteiger partial charge in [0, 0.05) is 11.9 Å². The molecule has 0 radical (unpaired) electrons. The first kappa shape index (κ1) is 13.5. The average molecular weight is 272 g/mol. The van der Waals surface area contributed by atoms with Crippen molar-refractivity contribution in [1.29, 1.82) is 0 Å². The summed E-state index contributed by atoms with van der Waals surface area (Å²) in [6.07, 6.45) is 5.63. The summed E-state index contributed by atoms with van der Waals surface area (Å²) < 4.78 is 3.22. The van der Waals surface area contributed by atoms with E-state index < -0.39 is 0 Å².